The molecular weight excluding hydrogens is 625 g/mol. The zero-order valence-electron chi connectivity index (χ0n) is 32.2. The van der Waals surface area contributed by atoms with E-state index in [1.807, 2.05) is 28.1 Å². The van der Waals surface area contributed by atoms with Crippen LogP contribution in [0.25, 0.3) is 0 Å². The van der Waals surface area contributed by atoms with Gasteiger partial charge in [-0.05, 0) is 38.5 Å². The summed E-state index contributed by atoms with van der Waals surface area (Å²) in [6.07, 6.45) is 30.5. The number of carbonyl (C=O) groups is 2. The van der Waals surface area contributed by atoms with E-state index in [4.69, 9.17) is 14.0 Å². The van der Waals surface area contributed by atoms with Gasteiger partial charge in [0.1, 0.15) is 6.61 Å². The van der Waals surface area contributed by atoms with E-state index in [1.165, 1.54) is 89.9 Å². The number of rotatable bonds is 34. The summed E-state index contributed by atoms with van der Waals surface area (Å²) in [5.74, 6) is -1.37. The molecule has 8 nitrogen and oxygen atoms in total. The minimum Gasteiger partial charge on any atom is -0.462 e. The Hall–Kier alpha value is -1.21. The van der Waals surface area contributed by atoms with Crippen LogP contribution in [0.2, 0.25) is 0 Å². The summed E-state index contributed by atoms with van der Waals surface area (Å²) in [6.45, 7) is 5.83. The minimum atomic E-state index is -4.02. The van der Waals surface area contributed by atoms with Crippen molar-refractivity contribution in [2.24, 2.45) is 0 Å². The third-order valence-electron chi connectivity index (χ3n) is 8.94. The fraction of sp³-hybridized carbons (Fsp3) is 0.897. The molecule has 0 aromatic heterocycles. The van der Waals surface area contributed by atoms with Crippen molar-refractivity contribution in [3.05, 3.63) is 12.2 Å². The Morgan fingerprint density at radius 3 is 1.48 bits per heavy atom. The largest absolute Gasteiger partial charge is 0.462 e. The van der Waals surface area contributed by atoms with Crippen LogP contribution in [-0.4, -0.2) is 67.6 Å². The lowest BCUT2D eigenvalue weighted by molar-refractivity contribution is -0.883. The lowest BCUT2D eigenvalue weighted by Gasteiger charge is -2.35. The summed E-state index contributed by atoms with van der Waals surface area (Å²) < 4.78 is 30.0. The first-order valence-electron chi connectivity index (χ1n) is 19.8. The van der Waals surface area contributed by atoms with Gasteiger partial charge in [-0.3, -0.25) is 14.2 Å². The molecule has 2 unspecified atom stereocenters. The molecule has 3 atom stereocenters. The molecular formula is C39H77NO7P+. The summed E-state index contributed by atoms with van der Waals surface area (Å²) >= 11 is 0. The number of nitrogens with zero attached hydrogens (tertiary/aromatic N) is 1. The minimum absolute atomic E-state index is 0.186. The van der Waals surface area contributed by atoms with E-state index in [0.29, 0.717) is 12.8 Å². The summed E-state index contributed by atoms with van der Waals surface area (Å²) in [5.41, 5.74) is 0. The van der Waals surface area contributed by atoms with Crippen molar-refractivity contribution in [1.82, 2.24) is 0 Å². The molecule has 0 aromatic carbocycles. The molecule has 0 aromatic rings. The van der Waals surface area contributed by atoms with Gasteiger partial charge in [-0.15, -0.1) is 0 Å². The molecule has 0 bridgehead atoms. The van der Waals surface area contributed by atoms with Gasteiger partial charge in [0, 0.05) is 19.3 Å². The maximum absolute atomic E-state index is 13.1. The van der Waals surface area contributed by atoms with Crippen LogP contribution in [0.15, 0.2) is 12.2 Å². The molecule has 48 heavy (non-hydrogen) atoms. The summed E-state index contributed by atoms with van der Waals surface area (Å²) in [5, 5.41) is 0. The van der Waals surface area contributed by atoms with E-state index in [0.717, 1.165) is 51.4 Å². The molecule has 0 aliphatic heterocycles. The first kappa shape index (κ1) is 46.8. The first-order valence-corrected chi connectivity index (χ1v) is 21.4. The third kappa shape index (κ3) is 27.6. The Labute approximate surface area is 296 Å². The normalized spacial score (nSPS) is 14.6. The molecule has 0 saturated heterocycles. The van der Waals surface area contributed by atoms with Gasteiger partial charge < -0.3 is 23.4 Å². The van der Waals surface area contributed by atoms with Crippen molar-refractivity contribution >= 4 is 19.5 Å². The van der Waals surface area contributed by atoms with Crippen molar-refractivity contribution < 1.29 is 37.5 Å². The van der Waals surface area contributed by atoms with Crippen LogP contribution in [0.5, 0.6) is 0 Å². The fourth-order valence-electron chi connectivity index (χ4n) is 6.03. The van der Waals surface area contributed by atoms with E-state index in [-0.39, 0.29) is 30.1 Å². The van der Waals surface area contributed by atoms with Gasteiger partial charge >= 0.3 is 19.5 Å². The molecule has 0 amide bonds. The zero-order valence-corrected chi connectivity index (χ0v) is 33.1. The van der Waals surface area contributed by atoms with Crippen LogP contribution in [-0.2, 0) is 28.2 Å². The predicted molar refractivity (Wildman–Crippen MR) is 200 cm³/mol. The van der Waals surface area contributed by atoms with Gasteiger partial charge in [-0.1, -0.05) is 136 Å². The average molecular weight is 703 g/mol. The summed E-state index contributed by atoms with van der Waals surface area (Å²) in [6, 6.07) is 0. The number of carbonyl (C=O) groups excluding carboxylic acids is 2. The Morgan fingerprint density at radius 2 is 1.04 bits per heavy atom. The number of quaternary nitrogens is 1. The van der Waals surface area contributed by atoms with Crippen LogP contribution < -0.4 is 0 Å². The van der Waals surface area contributed by atoms with Gasteiger partial charge in [-0.2, -0.15) is 0 Å². The topological polar surface area (TPSA) is 99.1 Å². The van der Waals surface area contributed by atoms with Crippen LogP contribution in [0.3, 0.4) is 0 Å². The van der Waals surface area contributed by atoms with Gasteiger partial charge in [0.15, 0.2) is 11.9 Å². The number of allylic oxidation sites excluding steroid dienone is 2. The van der Waals surface area contributed by atoms with E-state index < -0.39 is 25.5 Å². The molecule has 0 fully saturated rings. The zero-order chi connectivity index (χ0) is 35.9. The lowest BCUT2D eigenvalue weighted by Crippen LogP contribution is -2.45. The molecule has 0 saturated carbocycles. The quantitative estimate of drug-likeness (QED) is 0.0234. The summed E-state index contributed by atoms with van der Waals surface area (Å²) in [7, 11) is 1.52. The van der Waals surface area contributed by atoms with E-state index in [2.05, 4.69) is 26.0 Å². The van der Waals surface area contributed by atoms with Gasteiger partial charge in [-0.25, -0.2) is 0 Å². The monoisotopic (exact) mass is 703 g/mol. The summed E-state index contributed by atoms with van der Waals surface area (Å²) in [4.78, 5) is 35.9. The Bertz CT molecular complexity index is 858. The highest BCUT2D eigenvalue weighted by Crippen LogP contribution is 2.51. The number of esters is 2. The highest BCUT2D eigenvalue weighted by Gasteiger charge is 2.42. The SMILES string of the molecule is CCCCCCCC/C=C\CCCCCCCC(=O)OC[C@H](COP(=O)(O)C(CC)[N+](C)(C)C)OC(=O)CCCCCCCCCCC. The predicted octanol–water partition coefficient (Wildman–Crippen LogP) is 11.0. The molecule has 0 aliphatic carbocycles. The highest BCUT2D eigenvalue weighted by atomic mass is 31.2. The van der Waals surface area contributed by atoms with Crippen molar-refractivity contribution in [3.63, 3.8) is 0 Å². The second-order valence-electron chi connectivity index (χ2n) is 14.6. The first-order chi connectivity index (χ1) is 23.0. The van der Waals surface area contributed by atoms with E-state index in [1.54, 1.807) is 0 Å². The molecule has 0 aliphatic rings. The number of hydrogen-bond acceptors (Lipinski definition) is 6. The Kier molecular flexibility index (Phi) is 29.8. The van der Waals surface area contributed by atoms with Crippen molar-refractivity contribution in [2.75, 3.05) is 34.4 Å². The smallest absolute Gasteiger partial charge is 0.385 e. The second kappa shape index (κ2) is 30.6. The maximum atomic E-state index is 13.1. The van der Waals surface area contributed by atoms with Gasteiger partial charge in [0.2, 0.25) is 0 Å². The standard InChI is InChI=1S/C39H76NO7P/c1-7-10-12-14-16-18-19-20-21-22-23-25-26-28-30-32-38(41)45-34-36(35-46-48(43,44)37(9-3)40(4,5)6)47-39(42)33-31-29-27-24-17-15-13-11-8-2/h20-21,36-37H,7-19,22-35H2,1-6H3/p+1/b21-20-/t36-,37?/m1/s1. The fourth-order valence-corrected chi connectivity index (χ4v) is 7.92. The number of unbranched alkanes of at least 4 members (excludes halogenated alkanes) is 19. The Morgan fingerprint density at radius 1 is 0.625 bits per heavy atom. The number of ether oxygens (including phenoxy) is 2. The molecule has 0 rings (SSSR count). The molecule has 284 valence electrons. The van der Waals surface area contributed by atoms with Crippen molar-refractivity contribution in [2.45, 2.75) is 193 Å². The Balaban J connectivity index is 4.50. The molecule has 1 N–H and O–H groups in total. The third-order valence-corrected chi connectivity index (χ3v) is 11.3. The van der Waals surface area contributed by atoms with Crippen molar-refractivity contribution in [1.29, 1.82) is 0 Å². The molecule has 0 radical (unpaired) electrons. The average Bonchev–Trinajstić information content (AvgIpc) is 3.02. The van der Waals surface area contributed by atoms with Crippen molar-refractivity contribution in [3.8, 4) is 0 Å². The van der Waals surface area contributed by atoms with Crippen LogP contribution in [0, 0.1) is 0 Å². The molecule has 0 heterocycles. The second-order valence-corrected chi connectivity index (χ2v) is 16.6. The highest BCUT2D eigenvalue weighted by molar-refractivity contribution is 7.53. The van der Waals surface area contributed by atoms with Crippen LogP contribution in [0.1, 0.15) is 181 Å². The maximum Gasteiger partial charge on any atom is 0.385 e. The van der Waals surface area contributed by atoms with E-state index >= 15 is 0 Å². The van der Waals surface area contributed by atoms with Gasteiger partial charge in [0.25, 0.3) is 0 Å². The van der Waals surface area contributed by atoms with Crippen LogP contribution in [0.4, 0.5) is 0 Å². The van der Waals surface area contributed by atoms with Crippen LogP contribution >= 0.6 is 7.60 Å². The number of hydrogen-bond donors (Lipinski definition) is 1. The van der Waals surface area contributed by atoms with E-state index in [9.17, 15) is 19.0 Å². The molecule has 0 spiro atoms. The van der Waals surface area contributed by atoms with Gasteiger partial charge in [0.05, 0.1) is 27.7 Å². The molecule has 9 heteroatoms. The lowest BCUT2D eigenvalue weighted by atomic mass is 10.1.